The largest absolute Gasteiger partial charge is 0.480 e. The van der Waals surface area contributed by atoms with E-state index in [4.69, 9.17) is 0 Å². The van der Waals surface area contributed by atoms with Crippen molar-refractivity contribution in [2.75, 3.05) is 11.4 Å². The summed E-state index contributed by atoms with van der Waals surface area (Å²) in [5.74, 6) is -0.114. The van der Waals surface area contributed by atoms with Crippen LogP contribution in [-0.4, -0.2) is 39.8 Å². The Labute approximate surface area is 164 Å². The van der Waals surface area contributed by atoms with Crippen LogP contribution in [-0.2, 0) is 17.5 Å². The van der Waals surface area contributed by atoms with Crippen LogP contribution in [0.15, 0.2) is 23.3 Å². The highest BCUT2D eigenvalue weighted by atomic mass is 19.4. The van der Waals surface area contributed by atoms with Crippen LogP contribution in [0.3, 0.4) is 0 Å². The number of carbonyl (C=O) groups is 1. The van der Waals surface area contributed by atoms with Gasteiger partial charge >= 0.3 is 12.1 Å². The van der Waals surface area contributed by atoms with E-state index in [0.29, 0.717) is 46.4 Å². The minimum atomic E-state index is -4.47. The maximum absolute atomic E-state index is 13.3. The highest BCUT2D eigenvalue weighted by molar-refractivity contribution is 5.94. The predicted molar refractivity (Wildman–Crippen MR) is 98.9 cm³/mol. The van der Waals surface area contributed by atoms with Crippen LogP contribution in [0.2, 0.25) is 0 Å². The number of carboxylic acids is 1. The van der Waals surface area contributed by atoms with Crippen molar-refractivity contribution < 1.29 is 23.1 Å². The minimum absolute atomic E-state index is 0.124. The molecule has 1 N–H and O–H groups in total. The summed E-state index contributed by atoms with van der Waals surface area (Å²) >= 11 is 0. The van der Waals surface area contributed by atoms with Crippen LogP contribution in [0.5, 0.6) is 0 Å². The number of aryl methyl sites for hydroxylation is 1. The van der Waals surface area contributed by atoms with Crippen molar-refractivity contribution in [2.45, 2.75) is 32.1 Å². The molecule has 9 heteroatoms. The minimum Gasteiger partial charge on any atom is -0.480 e. The summed E-state index contributed by atoms with van der Waals surface area (Å²) in [6.45, 7) is 2.50. The van der Waals surface area contributed by atoms with Crippen LogP contribution in [0.25, 0.3) is 11.1 Å². The summed E-state index contributed by atoms with van der Waals surface area (Å²) in [6.07, 6.45) is -0.498. The molecule has 1 saturated carbocycles. The zero-order valence-electron chi connectivity index (χ0n) is 15.4. The van der Waals surface area contributed by atoms with Crippen LogP contribution in [0.1, 0.15) is 28.8 Å². The van der Waals surface area contributed by atoms with E-state index in [1.165, 1.54) is 6.20 Å². The van der Waals surface area contributed by atoms with E-state index >= 15 is 0 Å². The first-order chi connectivity index (χ1) is 13.7. The molecular weight excluding hydrogens is 385 g/mol. The lowest BCUT2D eigenvalue weighted by Gasteiger charge is -2.25. The molecule has 5 rings (SSSR count). The molecule has 0 amide bonds. The van der Waals surface area contributed by atoms with Gasteiger partial charge in [0.2, 0.25) is 5.95 Å². The van der Waals surface area contributed by atoms with Gasteiger partial charge in [0.1, 0.15) is 6.04 Å². The van der Waals surface area contributed by atoms with Crippen molar-refractivity contribution in [1.82, 2.24) is 9.97 Å². The molecule has 29 heavy (non-hydrogen) atoms. The summed E-state index contributed by atoms with van der Waals surface area (Å²) in [5.41, 5.74) is 1.80. The van der Waals surface area contributed by atoms with Gasteiger partial charge in [-0.2, -0.15) is 13.2 Å². The summed E-state index contributed by atoms with van der Waals surface area (Å²) in [7, 11) is 0. The molecule has 1 aliphatic carbocycles. The van der Waals surface area contributed by atoms with E-state index in [9.17, 15) is 23.1 Å². The van der Waals surface area contributed by atoms with Crippen LogP contribution in [0, 0.1) is 18.8 Å². The molecule has 1 unspecified atom stereocenters. The normalized spacial score (nSPS) is 24.6. The van der Waals surface area contributed by atoms with E-state index in [-0.39, 0.29) is 12.5 Å². The van der Waals surface area contributed by atoms with Gasteiger partial charge in [0.25, 0.3) is 0 Å². The fourth-order valence-electron chi connectivity index (χ4n) is 4.46. The molecule has 0 spiro atoms. The lowest BCUT2D eigenvalue weighted by atomic mass is 9.94. The summed E-state index contributed by atoms with van der Waals surface area (Å²) in [5, 5.41) is 9.54. The number of benzene rings is 1. The molecule has 2 fully saturated rings. The number of fused-ring (bicyclic) bond motifs is 2. The first kappa shape index (κ1) is 18.1. The zero-order valence-corrected chi connectivity index (χ0v) is 15.4. The van der Waals surface area contributed by atoms with Gasteiger partial charge in [0, 0.05) is 30.1 Å². The Morgan fingerprint density at radius 2 is 2.07 bits per heavy atom. The van der Waals surface area contributed by atoms with Crippen molar-refractivity contribution in [3.63, 3.8) is 0 Å². The van der Waals surface area contributed by atoms with Gasteiger partial charge in [-0.25, -0.2) is 14.8 Å². The third-order valence-electron chi connectivity index (χ3n) is 5.99. The number of hydrogen-bond acceptors (Lipinski definition) is 5. The monoisotopic (exact) mass is 402 g/mol. The van der Waals surface area contributed by atoms with E-state index in [1.807, 2.05) is 0 Å². The van der Waals surface area contributed by atoms with Gasteiger partial charge in [-0.3, -0.25) is 4.99 Å². The molecule has 1 saturated heterocycles. The number of carboxylic acid groups (broad SMARTS) is 1. The second-order valence-electron chi connectivity index (χ2n) is 7.83. The Kier molecular flexibility index (Phi) is 3.75. The molecule has 3 atom stereocenters. The fourth-order valence-corrected chi connectivity index (χ4v) is 4.46. The Balaban J connectivity index is 1.56. The SMILES string of the molecule is Cc1nc(N2C[C@H]3C[C@H]3C2C(=O)O)ncc1-c1cc(C(F)(F)F)cc2c1C=NC2. The van der Waals surface area contributed by atoms with Gasteiger partial charge in [0.15, 0.2) is 0 Å². The van der Waals surface area contributed by atoms with Crippen molar-refractivity contribution >= 4 is 18.1 Å². The zero-order chi connectivity index (χ0) is 20.5. The maximum Gasteiger partial charge on any atom is 0.416 e. The second kappa shape index (κ2) is 6.01. The van der Waals surface area contributed by atoms with Gasteiger partial charge in [-0.15, -0.1) is 0 Å². The Hall–Kier alpha value is -2.97. The standard InChI is InChI=1S/C20H17F3N4O2/c1-9-15(14-4-12(20(21,22)23)2-10-5-24-6-16(10)14)7-25-19(26-9)27-8-11-3-13(11)17(27)18(28)29/h2,4,6-7,11,13,17H,3,5,8H2,1H3,(H,28,29)/t11-,13-,17?/m1/s1. The first-order valence-corrected chi connectivity index (χ1v) is 9.31. The number of aliphatic imine (C=N–C) groups is 1. The highest BCUT2D eigenvalue weighted by Gasteiger charge is 2.56. The molecular formula is C20H17F3N4O2. The van der Waals surface area contributed by atoms with Crippen molar-refractivity contribution in [1.29, 1.82) is 0 Å². The predicted octanol–water partition coefficient (Wildman–Crippen LogP) is 3.31. The number of aliphatic carboxylic acids is 1. The summed E-state index contributed by atoms with van der Waals surface area (Å²) in [6, 6.07) is 1.59. The lowest BCUT2D eigenvalue weighted by Crippen LogP contribution is -2.40. The molecule has 0 radical (unpaired) electrons. The van der Waals surface area contributed by atoms with Crippen molar-refractivity contribution in [2.24, 2.45) is 16.8 Å². The number of rotatable bonds is 3. The number of nitrogens with zero attached hydrogens (tertiary/aromatic N) is 4. The van der Waals surface area contributed by atoms with Gasteiger partial charge in [0.05, 0.1) is 17.8 Å². The molecule has 2 aromatic rings. The molecule has 1 aromatic heterocycles. The Bertz CT molecular complexity index is 1070. The molecule has 0 bridgehead atoms. The number of piperidine rings is 1. The van der Waals surface area contributed by atoms with Gasteiger partial charge < -0.3 is 10.0 Å². The van der Waals surface area contributed by atoms with E-state index < -0.39 is 23.8 Å². The second-order valence-corrected chi connectivity index (χ2v) is 7.83. The van der Waals surface area contributed by atoms with Crippen LogP contribution in [0.4, 0.5) is 19.1 Å². The van der Waals surface area contributed by atoms with E-state index in [0.717, 1.165) is 18.6 Å². The van der Waals surface area contributed by atoms with Gasteiger partial charge in [-0.05, 0) is 48.4 Å². The molecule has 1 aromatic carbocycles. The van der Waals surface area contributed by atoms with Crippen molar-refractivity contribution in [3.05, 3.63) is 40.7 Å². The summed E-state index contributed by atoms with van der Waals surface area (Å²) in [4.78, 5) is 26.2. The Morgan fingerprint density at radius 3 is 2.76 bits per heavy atom. The molecule has 3 aliphatic rings. The summed E-state index contributed by atoms with van der Waals surface area (Å²) < 4.78 is 40.0. The van der Waals surface area contributed by atoms with Gasteiger partial charge in [-0.1, -0.05) is 0 Å². The Morgan fingerprint density at radius 1 is 1.28 bits per heavy atom. The number of hydrogen-bond donors (Lipinski definition) is 1. The number of aromatic nitrogens is 2. The van der Waals surface area contributed by atoms with E-state index in [2.05, 4.69) is 15.0 Å². The third-order valence-corrected chi connectivity index (χ3v) is 5.99. The average Bonchev–Trinajstić information content (AvgIpc) is 3.09. The average molecular weight is 402 g/mol. The highest BCUT2D eigenvalue weighted by Crippen LogP contribution is 2.50. The topological polar surface area (TPSA) is 78.7 Å². The third kappa shape index (κ3) is 2.87. The smallest absolute Gasteiger partial charge is 0.416 e. The molecule has 3 heterocycles. The maximum atomic E-state index is 13.3. The quantitative estimate of drug-likeness (QED) is 0.852. The van der Waals surface area contributed by atoms with Crippen molar-refractivity contribution in [3.8, 4) is 11.1 Å². The number of anilines is 1. The fraction of sp³-hybridized carbons (Fsp3) is 0.400. The molecule has 2 aliphatic heterocycles. The number of halogens is 3. The lowest BCUT2D eigenvalue weighted by molar-refractivity contribution is -0.139. The van der Waals surface area contributed by atoms with Crippen LogP contribution >= 0.6 is 0 Å². The van der Waals surface area contributed by atoms with Crippen LogP contribution < -0.4 is 4.90 Å². The van der Waals surface area contributed by atoms with E-state index in [1.54, 1.807) is 18.0 Å². The molecule has 150 valence electrons. The molecule has 6 nitrogen and oxygen atoms in total. The first-order valence-electron chi connectivity index (χ1n) is 9.31. The number of alkyl halides is 3.